The zero-order valence-corrected chi connectivity index (χ0v) is 14.8. The Labute approximate surface area is 141 Å². The van der Waals surface area contributed by atoms with Crippen molar-refractivity contribution in [3.8, 4) is 0 Å². The Kier molecular flexibility index (Phi) is 5.75. The average Bonchev–Trinajstić information content (AvgIpc) is 2.89. The highest BCUT2D eigenvalue weighted by atomic mass is 16.2. The van der Waals surface area contributed by atoms with Gasteiger partial charge in [0.25, 0.3) is 5.56 Å². The third-order valence-electron chi connectivity index (χ3n) is 4.39. The Hall–Kier alpha value is -2.18. The lowest BCUT2D eigenvalue weighted by atomic mass is 10.1. The second kappa shape index (κ2) is 7.59. The summed E-state index contributed by atoms with van der Waals surface area (Å²) in [6.07, 6.45) is 1.11. The van der Waals surface area contributed by atoms with Crippen LogP contribution in [0.15, 0.2) is 4.79 Å². The third-order valence-corrected chi connectivity index (χ3v) is 4.39. The predicted molar refractivity (Wildman–Crippen MR) is 90.6 cm³/mol. The number of rotatable bonds is 6. The molecule has 0 saturated carbocycles. The number of nitrogens with one attached hydrogen (secondary N) is 2. The lowest BCUT2D eigenvalue weighted by Gasteiger charge is -2.21. The van der Waals surface area contributed by atoms with E-state index in [0.29, 0.717) is 43.0 Å². The van der Waals surface area contributed by atoms with Crippen molar-refractivity contribution in [2.45, 2.75) is 53.0 Å². The van der Waals surface area contributed by atoms with Crippen LogP contribution in [-0.4, -0.2) is 45.8 Å². The summed E-state index contributed by atoms with van der Waals surface area (Å²) in [5.74, 6) is 0.671. The number of hydrogen-bond donors (Lipinski definition) is 2. The van der Waals surface area contributed by atoms with E-state index in [9.17, 15) is 14.4 Å². The van der Waals surface area contributed by atoms with Crippen LogP contribution < -0.4 is 10.9 Å². The first-order valence-corrected chi connectivity index (χ1v) is 8.46. The standard InChI is InChI=1S/C17H26N4O3/c1-5-14-19-11(4)13(17(24)20-14)7-15(22)18-8-12-6-16(23)21(9-12)10(2)3/h10,12H,5-9H2,1-4H3,(H,18,22)(H,19,20,24). The number of amides is 2. The summed E-state index contributed by atoms with van der Waals surface area (Å²) in [7, 11) is 0. The normalized spacial score (nSPS) is 17.6. The maximum absolute atomic E-state index is 12.1. The predicted octanol–water partition coefficient (Wildman–Crippen LogP) is 0.556. The van der Waals surface area contributed by atoms with Crippen LogP contribution in [0.3, 0.4) is 0 Å². The van der Waals surface area contributed by atoms with Gasteiger partial charge in [-0.15, -0.1) is 0 Å². The molecule has 0 bridgehead atoms. The van der Waals surface area contributed by atoms with E-state index in [-0.39, 0.29) is 35.8 Å². The van der Waals surface area contributed by atoms with Crippen LogP contribution >= 0.6 is 0 Å². The number of aromatic amines is 1. The number of aromatic nitrogens is 2. The van der Waals surface area contributed by atoms with Crippen LogP contribution in [0.5, 0.6) is 0 Å². The van der Waals surface area contributed by atoms with Gasteiger partial charge in [-0.25, -0.2) is 4.98 Å². The molecule has 0 aliphatic carbocycles. The van der Waals surface area contributed by atoms with Gasteiger partial charge in [-0.2, -0.15) is 0 Å². The van der Waals surface area contributed by atoms with Crippen LogP contribution in [0.4, 0.5) is 0 Å². The summed E-state index contributed by atoms with van der Waals surface area (Å²) in [6, 6.07) is 0.183. The molecule has 1 unspecified atom stereocenters. The minimum absolute atomic E-state index is 0.00667. The molecule has 0 spiro atoms. The Balaban J connectivity index is 1.91. The number of hydrogen-bond acceptors (Lipinski definition) is 4. The molecule has 1 aliphatic heterocycles. The van der Waals surface area contributed by atoms with Crippen LogP contribution in [0, 0.1) is 12.8 Å². The second-order valence-electron chi connectivity index (χ2n) is 6.62. The lowest BCUT2D eigenvalue weighted by Crippen LogP contribution is -2.35. The van der Waals surface area contributed by atoms with Gasteiger partial charge >= 0.3 is 0 Å². The fourth-order valence-electron chi connectivity index (χ4n) is 2.97. The van der Waals surface area contributed by atoms with E-state index in [1.165, 1.54) is 0 Å². The van der Waals surface area contributed by atoms with Crippen molar-refractivity contribution in [2.75, 3.05) is 13.1 Å². The molecule has 7 nitrogen and oxygen atoms in total. The number of H-pyrrole nitrogens is 1. The zero-order chi connectivity index (χ0) is 17.9. The average molecular weight is 334 g/mol. The van der Waals surface area contributed by atoms with E-state index in [4.69, 9.17) is 0 Å². The minimum Gasteiger partial charge on any atom is -0.355 e. The number of carbonyl (C=O) groups excluding carboxylic acids is 2. The van der Waals surface area contributed by atoms with Gasteiger partial charge in [0.05, 0.1) is 6.42 Å². The van der Waals surface area contributed by atoms with Crippen molar-refractivity contribution in [1.82, 2.24) is 20.2 Å². The first kappa shape index (κ1) is 18.2. The number of likely N-dealkylation sites (tertiary alicyclic amines) is 1. The maximum Gasteiger partial charge on any atom is 0.254 e. The van der Waals surface area contributed by atoms with Crippen LogP contribution in [0.25, 0.3) is 0 Å². The fraction of sp³-hybridized carbons (Fsp3) is 0.647. The van der Waals surface area contributed by atoms with E-state index < -0.39 is 0 Å². The second-order valence-corrected chi connectivity index (χ2v) is 6.62. The van der Waals surface area contributed by atoms with Gasteiger partial charge in [-0.05, 0) is 20.8 Å². The molecule has 1 atom stereocenters. The van der Waals surface area contributed by atoms with E-state index in [1.54, 1.807) is 6.92 Å². The van der Waals surface area contributed by atoms with Crippen molar-refractivity contribution >= 4 is 11.8 Å². The quantitative estimate of drug-likeness (QED) is 0.794. The molecule has 2 amide bonds. The number of carbonyl (C=O) groups is 2. The Bertz CT molecular complexity index is 681. The molecule has 1 aliphatic rings. The molecule has 0 aromatic carbocycles. The molecule has 1 saturated heterocycles. The van der Waals surface area contributed by atoms with Gasteiger partial charge in [0, 0.05) is 49.1 Å². The molecule has 7 heteroatoms. The summed E-state index contributed by atoms with van der Waals surface area (Å²) in [4.78, 5) is 44.9. The molecule has 1 aromatic rings. The topological polar surface area (TPSA) is 95.2 Å². The largest absolute Gasteiger partial charge is 0.355 e. The molecule has 24 heavy (non-hydrogen) atoms. The van der Waals surface area contributed by atoms with Crippen molar-refractivity contribution in [2.24, 2.45) is 5.92 Å². The molecule has 0 radical (unpaired) electrons. The van der Waals surface area contributed by atoms with E-state index >= 15 is 0 Å². The smallest absolute Gasteiger partial charge is 0.254 e. The first-order valence-electron chi connectivity index (χ1n) is 8.46. The Morgan fingerprint density at radius 1 is 1.42 bits per heavy atom. The molecule has 1 aromatic heterocycles. The van der Waals surface area contributed by atoms with Crippen molar-refractivity contribution in [3.05, 3.63) is 27.4 Å². The highest BCUT2D eigenvalue weighted by Crippen LogP contribution is 2.19. The minimum atomic E-state index is -0.253. The van der Waals surface area contributed by atoms with Crippen LogP contribution in [-0.2, 0) is 22.4 Å². The lowest BCUT2D eigenvalue weighted by molar-refractivity contribution is -0.129. The number of aryl methyl sites for hydroxylation is 2. The van der Waals surface area contributed by atoms with Gasteiger partial charge in [-0.3, -0.25) is 14.4 Å². The molecular formula is C17H26N4O3. The van der Waals surface area contributed by atoms with Crippen LogP contribution in [0.2, 0.25) is 0 Å². The maximum atomic E-state index is 12.1. The van der Waals surface area contributed by atoms with Gasteiger partial charge in [-0.1, -0.05) is 6.92 Å². The van der Waals surface area contributed by atoms with Crippen LogP contribution in [0.1, 0.15) is 44.3 Å². The van der Waals surface area contributed by atoms with Crippen molar-refractivity contribution < 1.29 is 9.59 Å². The summed E-state index contributed by atoms with van der Waals surface area (Å²) >= 11 is 0. The van der Waals surface area contributed by atoms with Gasteiger partial charge in [0.1, 0.15) is 5.82 Å². The number of nitrogens with zero attached hydrogens (tertiary/aromatic N) is 2. The summed E-state index contributed by atoms with van der Waals surface area (Å²) in [5, 5.41) is 2.84. The van der Waals surface area contributed by atoms with E-state index in [1.807, 2.05) is 25.7 Å². The summed E-state index contributed by atoms with van der Waals surface area (Å²) in [5.41, 5.74) is 0.736. The van der Waals surface area contributed by atoms with Crippen molar-refractivity contribution in [1.29, 1.82) is 0 Å². The highest BCUT2D eigenvalue weighted by Gasteiger charge is 2.31. The SMILES string of the molecule is CCc1nc(C)c(CC(=O)NCC2CC(=O)N(C(C)C)C2)c(=O)[nH]1. The monoisotopic (exact) mass is 334 g/mol. The summed E-state index contributed by atoms with van der Waals surface area (Å²) in [6.45, 7) is 8.75. The van der Waals surface area contributed by atoms with E-state index in [2.05, 4.69) is 15.3 Å². The van der Waals surface area contributed by atoms with Gasteiger partial charge < -0.3 is 15.2 Å². The van der Waals surface area contributed by atoms with Crippen molar-refractivity contribution in [3.63, 3.8) is 0 Å². The Morgan fingerprint density at radius 2 is 2.12 bits per heavy atom. The molecular weight excluding hydrogens is 308 g/mol. The first-order chi connectivity index (χ1) is 11.3. The molecule has 132 valence electrons. The summed E-state index contributed by atoms with van der Waals surface area (Å²) < 4.78 is 0. The zero-order valence-electron chi connectivity index (χ0n) is 14.8. The fourth-order valence-corrected chi connectivity index (χ4v) is 2.97. The van der Waals surface area contributed by atoms with Gasteiger partial charge in [0.2, 0.25) is 11.8 Å². The molecule has 1 fully saturated rings. The van der Waals surface area contributed by atoms with Gasteiger partial charge in [0.15, 0.2) is 0 Å². The molecule has 2 N–H and O–H groups in total. The molecule has 2 rings (SSSR count). The molecule has 2 heterocycles. The van der Waals surface area contributed by atoms with E-state index in [0.717, 1.165) is 0 Å². The highest BCUT2D eigenvalue weighted by molar-refractivity contribution is 5.80. The third kappa shape index (κ3) is 4.21. The Morgan fingerprint density at radius 3 is 2.67 bits per heavy atom.